The lowest BCUT2D eigenvalue weighted by Gasteiger charge is -2.10. The third-order valence-electron chi connectivity index (χ3n) is 2.48. The fourth-order valence-electron chi connectivity index (χ4n) is 1.49. The third kappa shape index (κ3) is 3.88. The van der Waals surface area contributed by atoms with Gasteiger partial charge < -0.3 is 4.74 Å². The minimum absolute atomic E-state index is 0.189. The number of benzene rings is 2. The van der Waals surface area contributed by atoms with Crippen molar-refractivity contribution in [3.8, 4) is 0 Å². The van der Waals surface area contributed by atoms with Crippen LogP contribution in [0.5, 0.6) is 0 Å². The molecule has 104 valence electrons. The zero-order valence-corrected chi connectivity index (χ0v) is 13.3. The van der Waals surface area contributed by atoms with Crippen LogP contribution in [0.15, 0.2) is 46.9 Å². The second-order valence-corrected chi connectivity index (χ2v) is 5.52. The van der Waals surface area contributed by atoms with Crippen molar-refractivity contribution in [2.45, 2.75) is 6.61 Å². The quantitative estimate of drug-likeness (QED) is 0.720. The number of carbonyl (C=O) groups is 1. The Balaban J connectivity index is 1.97. The number of rotatable bonds is 3. The Morgan fingerprint density at radius 2 is 1.80 bits per heavy atom. The summed E-state index contributed by atoms with van der Waals surface area (Å²) in [6.45, 7) is 0.189. The SMILES string of the molecule is O=C(Nc1ccc(Br)c(Cl)c1Cl)OCc1ccccc1. The first-order valence-corrected chi connectivity index (χ1v) is 7.24. The van der Waals surface area contributed by atoms with E-state index in [4.69, 9.17) is 27.9 Å². The van der Waals surface area contributed by atoms with Gasteiger partial charge in [-0.3, -0.25) is 5.32 Å². The molecule has 0 aromatic heterocycles. The Labute approximate surface area is 135 Å². The van der Waals surface area contributed by atoms with Crippen LogP contribution in [0.25, 0.3) is 0 Å². The zero-order chi connectivity index (χ0) is 14.5. The van der Waals surface area contributed by atoms with Crippen molar-refractivity contribution in [2.75, 3.05) is 5.32 Å². The number of carbonyl (C=O) groups excluding carboxylic acids is 1. The van der Waals surface area contributed by atoms with Crippen LogP contribution in [0.3, 0.4) is 0 Å². The molecule has 0 aliphatic carbocycles. The fourth-order valence-corrected chi connectivity index (χ4v) is 2.31. The predicted molar refractivity (Wildman–Crippen MR) is 84.4 cm³/mol. The summed E-state index contributed by atoms with van der Waals surface area (Å²) in [5, 5.41) is 3.15. The maximum atomic E-state index is 11.7. The van der Waals surface area contributed by atoms with E-state index in [0.717, 1.165) is 5.56 Å². The third-order valence-corrected chi connectivity index (χ3v) is 4.26. The lowest BCUT2D eigenvalue weighted by atomic mass is 10.2. The molecule has 0 saturated heterocycles. The molecule has 1 amide bonds. The Hall–Kier alpha value is -1.23. The van der Waals surface area contributed by atoms with Crippen LogP contribution in [-0.2, 0) is 11.3 Å². The van der Waals surface area contributed by atoms with Crippen molar-refractivity contribution in [2.24, 2.45) is 0 Å². The molecule has 2 aromatic rings. The molecule has 0 aliphatic heterocycles. The second-order valence-electron chi connectivity index (χ2n) is 3.91. The summed E-state index contributed by atoms with van der Waals surface area (Å²) in [5.41, 5.74) is 1.31. The Kier molecular flexibility index (Phi) is 5.29. The number of ether oxygens (including phenoxy) is 1. The van der Waals surface area contributed by atoms with E-state index in [9.17, 15) is 4.79 Å². The van der Waals surface area contributed by atoms with Crippen molar-refractivity contribution >= 4 is 50.9 Å². The minimum Gasteiger partial charge on any atom is -0.444 e. The zero-order valence-electron chi connectivity index (χ0n) is 10.2. The second kappa shape index (κ2) is 6.97. The average Bonchev–Trinajstić information content (AvgIpc) is 2.47. The molecular formula is C14H10BrCl2NO2. The highest BCUT2D eigenvalue weighted by Gasteiger charge is 2.11. The van der Waals surface area contributed by atoms with Gasteiger partial charge in [0.25, 0.3) is 0 Å². The molecule has 3 nitrogen and oxygen atoms in total. The first kappa shape index (κ1) is 15.2. The van der Waals surface area contributed by atoms with Crippen LogP contribution in [0.1, 0.15) is 5.56 Å². The largest absolute Gasteiger partial charge is 0.444 e. The molecule has 0 unspecified atom stereocenters. The van der Waals surface area contributed by atoms with Gasteiger partial charge in [-0.1, -0.05) is 53.5 Å². The molecule has 0 saturated carbocycles. The molecule has 6 heteroatoms. The molecular weight excluding hydrogens is 365 g/mol. The highest BCUT2D eigenvalue weighted by Crippen LogP contribution is 2.35. The standard InChI is InChI=1S/C14H10BrCl2NO2/c15-10-6-7-11(13(17)12(10)16)18-14(19)20-8-9-4-2-1-3-5-9/h1-7H,8H2,(H,18,19). The summed E-state index contributed by atoms with van der Waals surface area (Å²) < 4.78 is 5.75. The van der Waals surface area contributed by atoms with Crippen molar-refractivity contribution < 1.29 is 9.53 Å². The van der Waals surface area contributed by atoms with Gasteiger partial charge in [0.1, 0.15) is 6.61 Å². The van der Waals surface area contributed by atoms with Gasteiger partial charge in [0, 0.05) is 4.47 Å². The van der Waals surface area contributed by atoms with Crippen LogP contribution >= 0.6 is 39.1 Å². The Morgan fingerprint density at radius 1 is 1.10 bits per heavy atom. The van der Waals surface area contributed by atoms with Crippen molar-refractivity contribution in [3.63, 3.8) is 0 Å². The van der Waals surface area contributed by atoms with E-state index in [-0.39, 0.29) is 11.6 Å². The minimum atomic E-state index is -0.589. The summed E-state index contributed by atoms with van der Waals surface area (Å²) in [6.07, 6.45) is -0.589. The molecule has 0 spiro atoms. The van der Waals surface area contributed by atoms with E-state index in [1.807, 2.05) is 30.3 Å². The maximum absolute atomic E-state index is 11.7. The van der Waals surface area contributed by atoms with Crippen molar-refractivity contribution in [1.82, 2.24) is 0 Å². The molecule has 2 rings (SSSR count). The van der Waals surface area contributed by atoms with Crippen LogP contribution in [0.4, 0.5) is 10.5 Å². The number of anilines is 1. The van der Waals surface area contributed by atoms with Crippen LogP contribution < -0.4 is 5.32 Å². The van der Waals surface area contributed by atoms with Gasteiger partial charge in [-0.05, 0) is 33.6 Å². The summed E-state index contributed by atoms with van der Waals surface area (Å²) in [4.78, 5) is 11.7. The van der Waals surface area contributed by atoms with E-state index in [0.29, 0.717) is 15.2 Å². The predicted octanol–water partition coefficient (Wildman–Crippen LogP) is 5.50. The Bertz CT molecular complexity index is 620. The molecule has 0 fully saturated rings. The van der Waals surface area contributed by atoms with Crippen LogP contribution in [0.2, 0.25) is 10.0 Å². The van der Waals surface area contributed by atoms with Crippen molar-refractivity contribution in [3.05, 3.63) is 62.5 Å². The topological polar surface area (TPSA) is 38.3 Å². The number of amides is 1. The maximum Gasteiger partial charge on any atom is 0.412 e. The normalized spacial score (nSPS) is 10.2. The first-order chi connectivity index (χ1) is 9.58. The Morgan fingerprint density at radius 3 is 2.50 bits per heavy atom. The lowest BCUT2D eigenvalue weighted by Crippen LogP contribution is -2.13. The first-order valence-electron chi connectivity index (χ1n) is 5.69. The van der Waals surface area contributed by atoms with Crippen LogP contribution in [0, 0.1) is 0 Å². The number of halogens is 3. The van der Waals surface area contributed by atoms with Gasteiger partial charge in [0.05, 0.1) is 15.7 Å². The summed E-state index contributed by atoms with van der Waals surface area (Å²) in [6, 6.07) is 12.7. The van der Waals surface area contributed by atoms with E-state index in [1.54, 1.807) is 12.1 Å². The summed E-state index contributed by atoms with van der Waals surface area (Å²) >= 11 is 15.2. The van der Waals surface area contributed by atoms with Gasteiger partial charge in [0.15, 0.2) is 0 Å². The molecule has 0 radical (unpaired) electrons. The molecule has 0 atom stereocenters. The van der Waals surface area contributed by atoms with E-state index in [2.05, 4.69) is 21.2 Å². The molecule has 2 aromatic carbocycles. The van der Waals surface area contributed by atoms with Gasteiger partial charge in [-0.15, -0.1) is 0 Å². The highest BCUT2D eigenvalue weighted by molar-refractivity contribution is 9.10. The highest BCUT2D eigenvalue weighted by atomic mass is 79.9. The fraction of sp³-hybridized carbons (Fsp3) is 0.0714. The number of hydrogen-bond donors (Lipinski definition) is 1. The monoisotopic (exact) mass is 373 g/mol. The van der Waals surface area contributed by atoms with Gasteiger partial charge >= 0.3 is 6.09 Å². The number of hydrogen-bond acceptors (Lipinski definition) is 2. The van der Waals surface area contributed by atoms with Crippen LogP contribution in [-0.4, -0.2) is 6.09 Å². The number of nitrogens with one attached hydrogen (secondary N) is 1. The molecule has 1 N–H and O–H groups in total. The lowest BCUT2D eigenvalue weighted by molar-refractivity contribution is 0.155. The smallest absolute Gasteiger partial charge is 0.412 e. The molecule has 0 bridgehead atoms. The van der Waals surface area contributed by atoms with Gasteiger partial charge in [-0.25, -0.2) is 4.79 Å². The van der Waals surface area contributed by atoms with Crippen molar-refractivity contribution in [1.29, 1.82) is 0 Å². The molecule has 0 heterocycles. The van der Waals surface area contributed by atoms with E-state index in [1.165, 1.54) is 0 Å². The van der Waals surface area contributed by atoms with Gasteiger partial charge in [0.2, 0.25) is 0 Å². The van der Waals surface area contributed by atoms with E-state index >= 15 is 0 Å². The molecule has 20 heavy (non-hydrogen) atoms. The summed E-state index contributed by atoms with van der Waals surface area (Å²) in [5.74, 6) is 0. The van der Waals surface area contributed by atoms with E-state index < -0.39 is 6.09 Å². The average molecular weight is 375 g/mol. The summed E-state index contributed by atoms with van der Waals surface area (Å²) in [7, 11) is 0. The van der Waals surface area contributed by atoms with Gasteiger partial charge in [-0.2, -0.15) is 0 Å². The molecule has 0 aliphatic rings.